The van der Waals surface area contributed by atoms with Crippen LogP contribution < -0.4 is 5.56 Å². The Morgan fingerprint density at radius 1 is 1.15 bits per heavy atom. The molecule has 0 bridgehead atoms. The lowest BCUT2D eigenvalue weighted by Gasteiger charge is -2.17. The van der Waals surface area contributed by atoms with Gasteiger partial charge in [-0.05, 0) is 55.0 Å². The minimum absolute atomic E-state index is 0.00884. The van der Waals surface area contributed by atoms with Crippen molar-refractivity contribution in [3.63, 3.8) is 0 Å². The van der Waals surface area contributed by atoms with Crippen molar-refractivity contribution in [3.05, 3.63) is 81.4 Å². The summed E-state index contributed by atoms with van der Waals surface area (Å²) < 4.78 is 7.16. The van der Waals surface area contributed by atoms with Gasteiger partial charge < -0.3 is 4.52 Å². The van der Waals surface area contributed by atoms with E-state index in [1.807, 2.05) is 48.5 Å². The lowest BCUT2D eigenvalue weighted by molar-refractivity contribution is 0.391. The summed E-state index contributed by atoms with van der Waals surface area (Å²) >= 11 is 3.08. The van der Waals surface area contributed by atoms with Crippen molar-refractivity contribution >= 4 is 33.3 Å². The third-order valence-electron chi connectivity index (χ3n) is 6.00. The number of aromatic nitrogens is 5. The molecule has 0 unspecified atom stereocenters. The van der Waals surface area contributed by atoms with Crippen molar-refractivity contribution < 1.29 is 4.52 Å². The molecule has 4 aromatic heterocycles. The maximum absolute atomic E-state index is 13.8. The number of hydrogen-bond donors (Lipinski definition) is 0. The number of fused-ring (bicyclic) bond motifs is 3. The second kappa shape index (κ2) is 8.81. The summed E-state index contributed by atoms with van der Waals surface area (Å²) in [6.07, 6.45) is 4.75. The van der Waals surface area contributed by atoms with Gasteiger partial charge in [-0.1, -0.05) is 48.1 Å². The number of thioether (sulfide) groups is 1. The Kier molecular flexibility index (Phi) is 5.50. The fourth-order valence-corrected chi connectivity index (χ4v) is 6.59. The fourth-order valence-electron chi connectivity index (χ4n) is 4.31. The highest BCUT2D eigenvalue weighted by atomic mass is 32.2. The first-order chi connectivity index (χ1) is 16.7. The zero-order valence-electron chi connectivity index (χ0n) is 18.5. The number of nitrogens with zero attached hydrogens (tertiary/aromatic N) is 5. The molecule has 1 aliphatic carbocycles. The maximum atomic E-state index is 13.8. The molecule has 1 aliphatic rings. The molecule has 0 radical (unpaired) electrons. The van der Waals surface area contributed by atoms with Crippen molar-refractivity contribution in [2.24, 2.45) is 5.92 Å². The Hall–Kier alpha value is -3.30. The van der Waals surface area contributed by atoms with E-state index in [0.717, 1.165) is 35.2 Å². The van der Waals surface area contributed by atoms with E-state index in [-0.39, 0.29) is 5.56 Å². The van der Waals surface area contributed by atoms with Crippen LogP contribution >= 0.6 is 23.1 Å². The third kappa shape index (κ3) is 3.84. The van der Waals surface area contributed by atoms with Crippen LogP contribution in [-0.4, -0.2) is 24.7 Å². The summed E-state index contributed by atoms with van der Waals surface area (Å²) in [4.78, 5) is 29.6. The molecule has 6 rings (SSSR count). The smallest absolute Gasteiger partial charge is 0.267 e. The molecule has 170 valence electrons. The van der Waals surface area contributed by atoms with Crippen molar-refractivity contribution in [2.45, 2.75) is 37.1 Å². The van der Waals surface area contributed by atoms with Gasteiger partial charge in [0.25, 0.3) is 5.56 Å². The molecule has 1 aromatic carbocycles. The van der Waals surface area contributed by atoms with Crippen LogP contribution in [0.1, 0.15) is 29.7 Å². The normalized spacial score (nSPS) is 15.5. The average Bonchev–Trinajstić information content (AvgIpc) is 3.48. The van der Waals surface area contributed by atoms with Crippen molar-refractivity contribution in [2.75, 3.05) is 0 Å². The van der Waals surface area contributed by atoms with E-state index < -0.39 is 0 Å². The molecule has 7 nitrogen and oxygen atoms in total. The molecule has 34 heavy (non-hydrogen) atoms. The molecule has 0 saturated carbocycles. The summed E-state index contributed by atoms with van der Waals surface area (Å²) in [6, 6.07) is 15.2. The number of aryl methyl sites for hydroxylation is 1. The lowest BCUT2D eigenvalue weighted by Crippen LogP contribution is -2.22. The molecule has 0 N–H and O–H groups in total. The first kappa shape index (κ1) is 21.2. The molecule has 9 heteroatoms. The Balaban J connectivity index is 1.40. The fraction of sp³-hybridized carbons (Fsp3) is 0.240. The molecule has 4 heterocycles. The van der Waals surface area contributed by atoms with Gasteiger partial charge in [0.1, 0.15) is 10.5 Å². The zero-order chi connectivity index (χ0) is 23.1. The Morgan fingerprint density at radius 2 is 2.00 bits per heavy atom. The summed E-state index contributed by atoms with van der Waals surface area (Å²) in [5.74, 6) is 1.93. The summed E-state index contributed by atoms with van der Waals surface area (Å²) in [7, 11) is 0. The number of para-hydroxylation sites is 1. The Bertz CT molecular complexity index is 1530. The largest absolute Gasteiger partial charge is 0.338 e. The average molecular weight is 488 g/mol. The highest BCUT2D eigenvalue weighted by Gasteiger charge is 2.25. The second-order valence-electron chi connectivity index (χ2n) is 8.42. The molecule has 0 saturated heterocycles. The van der Waals surface area contributed by atoms with E-state index in [9.17, 15) is 4.79 Å². The van der Waals surface area contributed by atoms with Crippen molar-refractivity contribution in [1.29, 1.82) is 0 Å². The first-order valence-corrected chi connectivity index (χ1v) is 13.0. The van der Waals surface area contributed by atoms with Crippen LogP contribution in [0.2, 0.25) is 0 Å². The molecule has 0 aliphatic heterocycles. The Labute approximate surface area is 203 Å². The van der Waals surface area contributed by atoms with E-state index in [4.69, 9.17) is 9.51 Å². The second-order valence-corrected chi connectivity index (χ2v) is 10.4. The Morgan fingerprint density at radius 3 is 2.82 bits per heavy atom. The van der Waals surface area contributed by atoms with Gasteiger partial charge in [0.2, 0.25) is 11.7 Å². The van der Waals surface area contributed by atoms with Gasteiger partial charge in [0, 0.05) is 11.1 Å². The first-order valence-electron chi connectivity index (χ1n) is 11.2. The summed E-state index contributed by atoms with van der Waals surface area (Å²) in [5.41, 5.74) is 2.63. The molecule has 5 aromatic rings. The number of hydrogen-bond acceptors (Lipinski definition) is 8. The topological polar surface area (TPSA) is 86.7 Å². The SMILES string of the molecule is C[C@@H]1CCc2c(sc3nc(SCc4nc(-c5ccccn5)no4)n(-c4ccccc4)c(=O)c23)C1. The molecule has 1 atom stereocenters. The number of pyridine rings is 1. The predicted octanol–water partition coefficient (Wildman–Crippen LogP) is 5.31. The minimum Gasteiger partial charge on any atom is -0.338 e. The van der Waals surface area contributed by atoms with Crippen LogP contribution in [0.3, 0.4) is 0 Å². The highest BCUT2D eigenvalue weighted by molar-refractivity contribution is 7.98. The number of thiophene rings is 1. The molecule has 0 spiro atoms. The molecule has 0 fully saturated rings. The zero-order valence-corrected chi connectivity index (χ0v) is 20.1. The van der Waals surface area contributed by atoms with Crippen LogP contribution in [0, 0.1) is 5.92 Å². The van der Waals surface area contributed by atoms with E-state index in [0.29, 0.717) is 34.2 Å². The summed E-state index contributed by atoms with van der Waals surface area (Å²) in [6.45, 7) is 2.27. The van der Waals surface area contributed by atoms with E-state index in [1.54, 1.807) is 22.1 Å². The molecular weight excluding hydrogens is 466 g/mol. The third-order valence-corrected chi connectivity index (χ3v) is 8.07. The number of rotatable bonds is 5. The molecular formula is C25H21N5O2S2. The van der Waals surface area contributed by atoms with Crippen molar-refractivity contribution in [1.82, 2.24) is 24.7 Å². The van der Waals surface area contributed by atoms with Crippen LogP contribution in [0.15, 0.2) is 69.2 Å². The van der Waals surface area contributed by atoms with Gasteiger partial charge in [0.15, 0.2) is 5.16 Å². The van der Waals surface area contributed by atoms with Crippen molar-refractivity contribution in [3.8, 4) is 17.2 Å². The monoisotopic (exact) mass is 487 g/mol. The highest BCUT2D eigenvalue weighted by Crippen LogP contribution is 2.37. The standard InChI is InChI=1S/C25H21N5O2S2/c1-15-10-11-17-19(13-15)34-23-21(17)24(31)30(16-7-3-2-4-8-16)25(28-23)33-14-20-27-22(29-32-20)18-9-5-6-12-26-18/h2-9,12,15H,10-11,13-14H2,1H3/t15-/m1/s1. The van der Waals surface area contributed by atoms with Gasteiger partial charge >= 0.3 is 0 Å². The van der Waals surface area contributed by atoms with Crippen LogP contribution in [0.5, 0.6) is 0 Å². The van der Waals surface area contributed by atoms with Gasteiger partial charge in [-0.3, -0.25) is 14.3 Å². The number of benzene rings is 1. The quantitative estimate of drug-likeness (QED) is 0.245. The predicted molar refractivity (Wildman–Crippen MR) is 133 cm³/mol. The van der Waals surface area contributed by atoms with Crippen LogP contribution in [0.25, 0.3) is 27.4 Å². The van der Waals surface area contributed by atoms with Gasteiger partial charge in [-0.2, -0.15) is 4.98 Å². The van der Waals surface area contributed by atoms with Crippen LogP contribution in [-0.2, 0) is 18.6 Å². The maximum Gasteiger partial charge on any atom is 0.267 e. The minimum atomic E-state index is -0.00884. The van der Waals surface area contributed by atoms with Gasteiger partial charge in [-0.15, -0.1) is 11.3 Å². The summed E-state index contributed by atoms with van der Waals surface area (Å²) in [5, 5.41) is 5.44. The van der Waals surface area contributed by atoms with E-state index >= 15 is 0 Å². The van der Waals surface area contributed by atoms with E-state index in [2.05, 4.69) is 22.0 Å². The van der Waals surface area contributed by atoms with Gasteiger partial charge in [-0.25, -0.2) is 4.98 Å². The molecule has 0 amide bonds. The van der Waals surface area contributed by atoms with Gasteiger partial charge in [0.05, 0.1) is 16.8 Å². The van der Waals surface area contributed by atoms with E-state index in [1.165, 1.54) is 22.2 Å². The lowest BCUT2D eigenvalue weighted by atomic mass is 9.89. The van der Waals surface area contributed by atoms with Crippen LogP contribution in [0.4, 0.5) is 0 Å².